The normalized spacial score (nSPS) is 11.0. The lowest BCUT2D eigenvalue weighted by Gasteiger charge is -2.29. The molecule has 0 fully saturated rings. The van der Waals surface area contributed by atoms with Crippen LogP contribution in [0.2, 0.25) is 0 Å². The third-order valence-corrected chi connectivity index (χ3v) is 4.53. The van der Waals surface area contributed by atoms with Crippen molar-refractivity contribution in [1.29, 1.82) is 0 Å². The number of nitrogens with one attached hydrogen (secondary N) is 2. The molecule has 0 spiro atoms. The number of carboxylic acids is 1. The molecule has 0 heterocycles. The highest BCUT2D eigenvalue weighted by Crippen LogP contribution is 2.10. The number of hydrogen-bond acceptors (Lipinski definition) is 8. The van der Waals surface area contributed by atoms with Crippen molar-refractivity contribution in [2.45, 2.75) is 65.9 Å². The van der Waals surface area contributed by atoms with Gasteiger partial charge < -0.3 is 34.9 Å². The Balaban J connectivity index is 4.85. The number of unbranched alkanes of at least 4 members (excludes halogenated alkanes) is 2. The van der Waals surface area contributed by atoms with Crippen molar-refractivity contribution >= 4 is 24.2 Å². The number of carboxylic acid groups (broad SMARTS) is 1. The summed E-state index contributed by atoms with van der Waals surface area (Å²) in [7, 11) is 0. The van der Waals surface area contributed by atoms with Crippen molar-refractivity contribution in [2.75, 3.05) is 59.0 Å². The Kier molecular flexibility index (Phi) is 17.1. The number of amides is 3. The molecule has 12 heteroatoms. The molecule has 0 radical (unpaired) electrons. The van der Waals surface area contributed by atoms with Gasteiger partial charge in [-0.25, -0.2) is 14.4 Å². The molecule has 0 saturated heterocycles. The molecular formula is C23H44N4O8. The van der Waals surface area contributed by atoms with E-state index in [1.165, 1.54) is 4.90 Å². The molecule has 12 nitrogen and oxygen atoms in total. The standard InChI is InChI=1S/C23H44N4O8/c1-6-8-10-24-20(30)33-16-14-26(18-19(28)29)12-13-27(22(32)35-23(3,4)5)15-17-34-21(31)25-11-9-7-2/h6-18H2,1-5H3,(H,24,30)(H,25,31)(H,28,29). The smallest absolute Gasteiger partial charge is 0.410 e. The molecule has 0 bridgehead atoms. The monoisotopic (exact) mass is 504 g/mol. The van der Waals surface area contributed by atoms with E-state index in [1.54, 1.807) is 25.7 Å². The van der Waals surface area contributed by atoms with Gasteiger partial charge in [0.2, 0.25) is 0 Å². The van der Waals surface area contributed by atoms with E-state index in [0.717, 1.165) is 25.7 Å². The van der Waals surface area contributed by atoms with E-state index in [0.29, 0.717) is 13.1 Å². The number of alkyl carbamates (subject to hydrolysis) is 2. The van der Waals surface area contributed by atoms with Gasteiger partial charge in [-0.3, -0.25) is 9.69 Å². The first-order valence-electron chi connectivity index (χ1n) is 12.2. The second-order valence-electron chi connectivity index (χ2n) is 8.97. The van der Waals surface area contributed by atoms with Gasteiger partial charge in [0.25, 0.3) is 0 Å². The molecule has 0 aliphatic rings. The minimum absolute atomic E-state index is 0.00127. The molecule has 0 aromatic carbocycles. The maximum atomic E-state index is 12.6. The molecule has 0 aromatic rings. The summed E-state index contributed by atoms with van der Waals surface area (Å²) in [6.45, 7) is 10.5. The minimum Gasteiger partial charge on any atom is -0.480 e. The first-order valence-corrected chi connectivity index (χ1v) is 12.2. The molecule has 0 rings (SSSR count). The van der Waals surface area contributed by atoms with Crippen LogP contribution in [0.3, 0.4) is 0 Å². The fourth-order valence-electron chi connectivity index (χ4n) is 2.70. The summed E-state index contributed by atoms with van der Waals surface area (Å²) < 4.78 is 15.7. The van der Waals surface area contributed by atoms with Gasteiger partial charge in [-0.1, -0.05) is 26.7 Å². The predicted octanol–water partition coefficient (Wildman–Crippen LogP) is 2.66. The summed E-state index contributed by atoms with van der Waals surface area (Å²) in [6, 6.07) is 0. The zero-order valence-electron chi connectivity index (χ0n) is 21.9. The molecule has 3 N–H and O–H groups in total. The van der Waals surface area contributed by atoms with Crippen molar-refractivity contribution in [2.24, 2.45) is 0 Å². The molecule has 35 heavy (non-hydrogen) atoms. The first-order chi connectivity index (χ1) is 16.5. The summed E-state index contributed by atoms with van der Waals surface area (Å²) in [4.78, 5) is 50.3. The Morgan fingerprint density at radius 3 is 1.77 bits per heavy atom. The topological polar surface area (TPSA) is 147 Å². The third-order valence-electron chi connectivity index (χ3n) is 4.53. The average molecular weight is 505 g/mol. The Morgan fingerprint density at radius 1 is 0.800 bits per heavy atom. The van der Waals surface area contributed by atoms with Crippen LogP contribution in [0.25, 0.3) is 0 Å². The van der Waals surface area contributed by atoms with Gasteiger partial charge in [0, 0.05) is 32.7 Å². The number of rotatable bonds is 17. The van der Waals surface area contributed by atoms with Gasteiger partial charge in [0.15, 0.2) is 0 Å². The Hall–Kier alpha value is -2.76. The van der Waals surface area contributed by atoms with Gasteiger partial charge in [0.05, 0.1) is 13.1 Å². The van der Waals surface area contributed by atoms with Crippen LogP contribution < -0.4 is 10.6 Å². The highest BCUT2D eigenvalue weighted by Gasteiger charge is 2.23. The van der Waals surface area contributed by atoms with Crippen LogP contribution in [0.1, 0.15) is 60.3 Å². The Bertz CT molecular complexity index is 640. The molecule has 0 aromatic heterocycles. The zero-order chi connectivity index (χ0) is 26.7. The van der Waals surface area contributed by atoms with Crippen molar-refractivity contribution in [3.8, 4) is 0 Å². The summed E-state index contributed by atoms with van der Waals surface area (Å²) in [6.07, 6.45) is 1.83. The van der Waals surface area contributed by atoms with Crippen LogP contribution in [0.15, 0.2) is 0 Å². The van der Waals surface area contributed by atoms with E-state index in [4.69, 9.17) is 14.2 Å². The van der Waals surface area contributed by atoms with Crippen LogP contribution in [0, 0.1) is 0 Å². The number of nitrogens with zero attached hydrogens (tertiary/aromatic N) is 2. The molecule has 0 saturated carbocycles. The van der Waals surface area contributed by atoms with Crippen LogP contribution in [-0.2, 0) is 19.0 Å². The molecule has 0 aliphatic heterocycles. The predicted molar refractivity (Wildman–Crippen MR) is 130 cm³/mol. The molecular weight excluding hydrogens is 460 g/mol. The maximum Gasteiger partial charge on any atom is 0.410 e. The number of aliphatic carboxylic acids is 1. The van der Waals surface area contributed by atoms with Crippen molar-refractivity contribution in [3.63, 3.8) is 0 Å². The fraction of sp³-hybridized carbons (Fsp3) is 0.826. The summed E-state index contributed by atoms with van der Waals surface area (Å²) >= 11 is 0. The van der Waals surface area contributed by atoms with Gasteiger partial charge in [-0.2, -0.15) is 0 Å². The molecule has 0 aliphatic carbocycles. The number of ether oxygens (including phenoxy) is 3. The number of carbonyl (C=O) groups is 4. The summed E-state index contributed by atoms with van der Waals surface area (Å²) in [5.74, 6) is -1.05. The molecule has 204 valence electrons. The fourth-order valence-corrected chi connectivity index (χ4v) is 2.70. The van der Waals surface area contributed by atoms with Gasteiger partial charge in [0.1, 0.15) is 18.8 Å². The molecule has 3 amide bonds. The zero-order valence-corrected chi connectivity index (χ0v) is 21.9. The number of carbonyl (C=O) groups excluding carboxylic acids is 3. The van der Waals surface area contributed by atoms with Gasteiger partial charge in [-0.15, -0.1) is 0 Å². The highest BCUT2D eigenvalue weighted by molar-refractivity contribution is 5.70. The van der Waals surface area contributed by atoms with Crippen molar-refractivity contribution < 1.29 is 38.5 Å². The largest absolute Gasteiger partial charge is 0.480 e. The first kappa shape index (κ1) is 32.2. The van der Waals surface area contributed by atoms with Gasteiger partial charge in [-0.05, 0) is 33.6 Å². The van der Waals surface area contributed by atoms with E-state index in [1.807, 2.05) is 13.8 Å². The average Bonchev–Trinajstić information content (AvgIpc) is 2.74. The second-order valence-corrected chi connectivity index (χ2v) is 8.97. The SMILES string of the molecule is CCCCNC(=O)OCCN(CCN(CCOC(=O)NCCCC)C(=O)OC(C)(C)C)CC(=O)O. The lowest BCUT2D eigenvalue weighted by molar-refractivity contribution is -0.138. The van der Waals surface area contributed by atoms with Crippen molar-refractivity contribution in [1.82, 2.24) is 20.4 Å². The van der Waals surface area contributed by atoms with Crippen LogP contribution in [0.4, 0.5) is 14.4 Å². The third kappa shape index (κ3) is 19.3. The minimum atomic E-state index is -1.05. The highest BCUT2D eigenvalue weighted by atomic mass is 16.6. The lowest BCUT2D eigenvalue weighted by Crippen LogP contribution is -2.45. The van der Waals surface area contributed by atoms with E-state index >= 15 is 0 Å². The van der Waals surface area contributed by atoms with Gasteiger partial charge >= 0.3 is 24.2 Å². The van der Waals surface area contributed by atoms with E-state index in [2.05, 4.69) is 10.6 Å². The molecule has 0 unspecified atom stereocenters. The summed E-state index contributed by atoms with van der Waals surface area (Å²) in [5, 5.41) is 14.5. The van der Waals surface area contributed by atoms with Crippen LogP contribution in [0.5, 0.6) is 0 Å². The van der Waals surface area contributed by atoms with Crippen LogP contribution >= 0.6 is 0 Å². The van der Waals surface area contributed by atoms with Crippen molar-refractivity contribution in [3.05, 3.63) is 0 Å². The quantitative estimate of drug-likeness (QED) is 0.201. The van der Waals surface area contributed by atoms with E-state index in [9.17, 15) is 24.3 Å². The second kappa shape index (κ2) is 18.6. The Morgan fingerprint density at radius 2 is 1.31 bits per heavy atom. The molecule has 0 atom stereocenters. The van der Waals surface area contributed by atoms with Crippen LogP contribution in [-0.4, -0.2) is 104 Å². The Labute approximate surface area is 208 Å². The lowest BCUT2D eigenvalue weighted by atomic mass is 10.2. The van der Waals surface area contributed by atoms with E-state index in [-0.39, 0.29) is 45.9 Å². The number of hydrogen-bond donors (Lipinski definition) is 3. The van der Waals surface area contributed by atoms with E-state index < -0.39 is 29.9 Å². The summed E-state index contributed by atoms with van der Waals surface area (Å²) in [5.41, 5.74) is -0.729. The maximum absolute atomic E-state index is 12.6.